The fourth-order valence-corrected chi connectivity index (χ4v) is 4.95. The maximum absolute atomic E-state index is 12.9. The van der Waals surface area contributed by atoms with Crippen LogP contribution in [0.25, 0.3) is 0 Å². The van der Waals surface area contributed by atoms with Crippen molar-refractivity contribution in [3.8, 4) is 0 Å². The second kappa shape index (κ2) is 10.7. The van der Waals surface area contributed by atoms with Crippen molar-refractivity contribution < 1.29 is 4.79 Å². The number of pyridine rings is 2. The van der Waals surface area contributed by atoms with Crippen molar-refractivity contribution >= 4 is 28.9 Å². The number of para-hydroxylation sites is 1. The van der Waals surface area contributed by atoms with E-state index in [1.807, 2.05) is 73.7 Å². The zero-order chi connectivity index (χ0) is 24.9. The lowest BCUT2D eigenvalue weighted by molar-refractivity contribution is -0.116. The second-order valence-electron chi connectivity index (χ2n) is 8.82. The molecule has 4 aromatic rings. The van der Waals surface area contributed by atoms with Crippen LogP contribution in [0.15, 0.2) is 91.4 Å². The summed E-state index contributed by atoms with van der Waals surface area (Å²) in [6.07, 6.45) is 5.97. The van der Waals surface area contributed by atoms with E-state index in [1.165, 1.54) is 0 Å². The Hall–Kier alpha value is -4.04. The van der Waals surface area contributed by atoms with Crippen LogP contribution in [-0.4, -0.2) is 37.0 Å². The van der Waals surface area contributed by atoms with E-state index in [-0.39, 0.29) is 18.0 Å². The standard InChI is InChI=1S/C28H28N6OS/c1-20-9-2-3-11-22(20)31-25(35)14-18-34-27(26(32-28(34)36)23-12-5-7-16-30-23)24-13-8-17-33(24)19-21-10-4-6-15-29-21/h2-13,15-17,26-27H,14,18-19H2,1H3,(H,31,35)(H,32,36)/t26-,27-/m0/s1. The molecular formula is C28H28N6OS. The number of hydrogen-bond acceptors (Lipinski definition) is 4. The number of nitrogens with zero attached hydrogens (tertiary/aromatic N) is 4. The number of benzene rings is 1. The maximum atomic E-state index is 12.9. The number of hydrogen-bond donors (Lipinski definition) is 2. The van der Waals surface area contributed by atoms with Crippen molar-refractivity contribution in [2.75, 3.05) is 11.9 Å². The van der Waals surface area contributed by atoms with E-state index in [9.17, 15) is 4.79 Å². The summed E-state index contributed by atoms with van der Waals surface area (Å²) in [6, 6.07) is 23.5. The van der Waals surface area contributed by atoms with Gasteiger partial charge >= 0.3 is 0 Å². The molecule has 1 fully saturated rings. The molecule has 0 unspecified atom stereocenters. The fraction of sp³-hybridized carbons (Fsp3) is 0.214. The van der Waals surface area contributed by atoms with Crippen LogP contribution in [0.3, 0.4) is 0 Å². The topological polar surface area (TPSA) is 75.1 Å². The molecule has 8 heteroatoms. The molecule has 0 radical (unpaired) electrons. The van der Waals surface area contributed by atoms with Gasteiger partial charge in [-0.2, -0.15) is 0 Å². The van der Waals surface area contributed by atoms with Crippen molar-refractivity contribution in [3.63, 3.8) is 0 Å². The molecule has 0 bridgehead atoms. The Balaban J connectivity index is 1.40. The van der Waals surface area contributed by atoms with Crippen molar-refractivity contribution in [1.82, 2.24) is 24.8 Å². The van der Waals surface area contributed by atoms with Crippen molar-refractivity contribution in [3.05, 3.63) is 114 Å². The van der Waals surface area contributed by atoms with Gasteiger partial charge in [0.25, 0.3) is 0 Å². The third-order valence-electron chi connectivity index (χ3n) is 6.42. The maximum Gasteiger partial charge on any atom is 0.226 e. The van der Waals surface area contributed by atoms with Gasteiger partial charge in [-0.05, 0) is 67.2 Å². The molecule has 0 spiro atoms. The number of carbonyl (C=O) groups excluding carboxylic acids is 1. The Morgan fingerprint density at radius 1 is 1.00 bits per heavy atom. The van der Waals surface area contributed by atoms with Gasteiger partial charge in [-0.25, -0.2) is 0 Å². The highest BCUT2D eigenvalue weighted by Gasteiger charge is 2.41. The van der Waals surface area contributed by atoms with Crippen LogP contribution in [0.5, 0.6) is 0 Å². The third kappa shape index (κ3) is 5.13. The van der Waals surface area contributed by atoms with Gasteiger partial charge in [0.2, 0.25) is 5.91 Å². The van der Waals surface area contributed by atoms with E-state index in [0.717, 1.165) is 28.3 Å². The molecule has 1 aliphatic rings. The quantitative estimate of drug-likeness (QED) is 0.346. The Morgan fingerprint density at radius 3 is 2.53 bits per heavy atom. The summed E-state index contributed by atoms with van der Waals surface area (Å²) in [5.74, 6) is -0.0454. The Kier molecular flexibility index (Phi) is 7.04. The van der Waals surface area contributed by atoms with E-state index in [4.69, 9.17) is 12.2 Å². The summed E-state index contributed by atoms with van der Waals surface area (Å²) in [4.78, 5) is 24.1. The number of thiocarbonyl (C=S) groups is 1. The molecule has 4 heterocycles. The molecule has 1 saturated heterocycles. The second-order valence-corrected chi connectivity index (χ2v) is 9.20. The molecule has 5 rings (SSSR count). The van der Waals surface area contributed by atoms with Crippen LogP contribution in [0.1, 0.15) is 41.1 Å². The number of nitrogens with one attached hydrogen (secondary N) is 2. The van der Waals surface area contributed by atoms with E-state index >= 15 is 0 Å². The zero-order valence-electron chi connectivity index (χ0n) is 20.0. The molecule has 3 aromatic heterocycles. The highest BCUT2D eigenvalue weighted by atomic mass is 32.1. The minimum absolute atomic E-state index is 0.0454. The van der Waals surface area contributed by atoms with Crippen LogP contribution in [0.2, 0.25) is 0 Å². The normalized spacial score (nSPS) is 17.1. The summed E-state index contributed by atoms with van der Waals surface area (Å²) >= 11 is 5.78. The monoisotopic (exact) mass is 496 g/mol. The third-order valence-corrected chi connectivity index (χ3v) is 6.78. The zero-order valence-corrected chi connectivity index (χ0v) is 20.9. The number of aromatic nitrogens is 3. The SMILES string of the molecule is Cc1ccccc1NC(=O)CCN1C(=S)N[C@@H](c2ccccn2)[C@@H]1c1cccn1Cc1ccccn1. The molecule has 182 valence electrons. The van der Waals surface area contributed by atoms with Crippen molar-refractivity contribution in [1.29, 1.82) is 0 Å². The lowest BCUT2D eigenvalue weighted by Gasteiger charge is -2.28. The van der Waals surface area contributed by atoms with Gasteiger partial charge < -0.3 is 20.1 Å². The summed E-state index contributed by atoms with van der Waals surface area (Å²) in [6.45, 7) is 3.10. The lowest BCUT2D eigenvalue weighted by Crippen LogP contribution is -2.33. The van der Waals surface area contributed by atoms with E-state index in [2.05, 4.69) is 42.3 Å². The minimum Gasteiger partial charge on any atom is -0.352 e. The highest BCUT2D eigenvalue weighted by Crippen LogP contribution is 2.39. The molecule has 1 amide bonds. The van der Waals surface area contributed by atoms with Gasteiger partial charge in [0.05, 0.1) is 30.0 Å². The molecular weight excluding hydrogens is 468 g/mol. The van der Waals surface area contributed by atoms with Crippen molar-refractivity contribution in [2.45, 2.75) is 32.0 Å². The first-order chi connectivity index (χ1) is 17.6. The first-order valence-corrected chi connectivity index (χ1v) is 12.4. The molecule has 36 heavy (non-hydrogen) atoms. The summed E-state index contributed by atoms with van der Waals surface area (Å²) in [5.41, 5.74) is 4.83. The number of amides is 1. The van der Waals surface area contributed by atoms with E-state index in [1.54, 1.807) is 12.4 Å². The Labute approximate surface area is 216 Å². The largest absolute Gasteiger partial charge is 0.352 e. The van der Waals surface area contributed by atoms with Crippen LogP contribution in [0, 0.1) is 6.92 Å². The molecule has 0 saturated carbocycles. The van der Waals surface area contributed by atoms with E-state index in [0.29, 0.717) is 24.6 Å². The average molecular weight is 497 g/mol. The lowest BCUT2D eigenvalue weighted by atomic mass is 10.0. The minimum atomic E-state index is -0.143. The molecule has 7 nitrogen and oxygen atoms in total. The molecule has 1 aliphatic heterocycles. The number of aryl methyl sites for hydroxylation is 1. The molecule has 0 aliphatic carbocycles. The first-order valence-electron chi connectivity index (χ1n) is 12.0. The number of rotatable bonds is 8. The van der Waals surface area contributed by atoms with Crippen LogP contribution in [0.4, 0.5) is 5.69 Å². The summed E-state index contributed by atoms with van der Waals surface area (Å²) in [5, 5.41) is 7.11. The average Bonchev–Trinajstić information content (AvgIpc) is 3.48. The van der Waals surface area contributed by atoms with Gasteiger partial charge in [0.1, 0.15) is 0 Å². The van der Waals surface area contributed by atoms with Crippen LogP contribution >= 0.6 is 12.2 Å². The molecule has 2 N–H and O–H groups in total. The molecule has 2 atom stereocenters. The summed E-state index contributed by atoms with van der Waals surface area (Å²) < 4.78 is 2.19. The smallest absolute Gasteiger partial charge is 0.226 e. The van der Waals surface area contributed by atoms with Gasteiger partial charge in [0, 0.05) is 42.9 Å². The van der Waals surface area contributed by atoms with Crippen molar-refractivity contribution in [2.24, 2.45) is 0 Å². The highest BCUT2D eigenvalue weighted by molar-refractivity contribution is 7.80. The summed E-state index contributed by atoms with van der Waals surface area (Å²) in [7, 11) is 0. The predicted molar refractivity (Wildman–Crippen MR) is 144 cm³/mol. The van der Waals surface area contributed by atoms with Gasteiger partial charge in [-0.15, -0.1) is 0 Å². The van der Waals surface area contributed by atoms with Gasteiger partial charge in [-0.1, -0.05) is 30.3 Å². The first kappa shape index (κ1) is 23.7. The molecule has 1 aromatic carbocycles. The number of anilines is 1. The predicted octanol–water partition coefficient (Wildman–Crippen LogP) is 4.64. The van der Waals surface area contributed by atoms with Gasteiger partial charge in [0.15, 0.2) is 5.11 Å². The Bertz CT molecular complexity index is 1340. The van der Waals surface area contributed by atoms with E-state index < -0.39 is 0 Å². The fourth-order valence-electron chi connectivity index (χ4n) is 4.62. The van der Waals surface area contributed by atoms with Gasteiger partial charge in [-0.3, -0.25) is 14.8 Å². The van der Waals surface area contributed by atoms with Crippen LogP contribution < -0.4 is 10.6 Å². The Morgan fingerprint density at radius 2 is 1.78 bits per heavy atom. The van der Waals surface area contributed by atoms with Crippen LogP contribution in [-0.2, 0) is 11.3 Å². The number of carbonyl (C=O) groups is 1.